The molecule has 0 amide bonds. The van der Waals surface area contributed by atoms with Crippen LogP contribution in [-0.2, 0) is 15.8 Å². The highest BCUT2D eigenvalue weighted by molar-refractivity contribution is 7.91. The van der Waals surface area contributed by atoms with Crippen molar-refractivity contribution in [1.82, 2.24) is 20.3 Å². The smallest absolute Gasteiger partial charge is 0.237 e. The average Bonchev–Trinajstić information content (AvgIpc) is 2.94. The van der Waals surface area contributed by atoms with E-state index in [1.807, 2.05) is 0 Å². The first-order valence-corrected chi connectivity index (χ1v) is 14.4. The fraction of sp³-hybridized carbons (Fsp3) is 0.250. The van der Waals surface area contributed by atoms with Crippen LogP contribution in [0.2, 0.25) is 0 Å². The van der Waals surface area contributed by atoms with Crippen LogP contribution in [0.4, 0.5) is 24.8 Å². The maximum absolute atomic E-state index is 15.3. The van der Waals surface area contributed by atoms with Crippen molar-refractivity contribution < 1.29 is 26.3 Å². The molecule has 2 aromatic carbocycles. The predicted molar refractivity (Wildman–Crippen MR) is 149 cm³/mol. The second kappa shape index (κ2) is 12.1. The minimum atomic E-state index is -4.03. The van der Waals surface area contributed by atoms with E-state index in [9.17, 15) is 12.8 Å². The van der Waals surface area contributed by atoms with Crippen molar-refractivity contribution in [3.05, 3.63) is 89.8 Å². The van der Waals surface area contributed by atoms with Gasteiger partial charge in [0, 0.05) is 37.9 Å². The van der Waals surface area contributed by atoms with E-state index in [-0.39, 0.29) is 23.4 Å². The van der Waals surface area contributed by atoms with E-state index in [1.165, 1.54) is 19.3 Å². The largest absolute Gasteiger partial charge is 0.435 e. The number of sulfonamides is 1. The molecule has 4 aromatic rings. The number of benzene rings is 2. The van der Waals surface area contributed by atoms with Crippen LogP contribution in [0, 0.1) is 18.6 Å². The molecule has 3 N–H and O–H groups in total. The van der Waals surface area contributed by atoms with E-state index >= 15 is 8.78 Å². The zero-order valence-electron chi connectivity index (χ0n) is 21.9. The van der Waals surface area contributed by atoms with Crippen molar-refractivity contribution in [1.29, 1.82) is 0 Å². The molecule has 1 fully saturated rings. The lowest BCUT2D eigenvalue weighted by molar-refractivity contribution is 0.254. The van der Waals surface area contributed by atoms with E-state index in [0.29, 0.717) is 36.3 Å². The zero-order valence-corrected chi connectivity index (χ0v) is 22.8. The van der Waals surface area contributed by atoms with Crippen molar-refractivity contribution >= 4 is 21.7 Å². The number of rotatable bonds is 9. The highest BCUT2D eigenvalue weighted by Crippen LogP contribution is 2.37. The summed E-state index contributed by atoms with van der Waals surface area (Å²) >= 11 is 0. The summed E-state index contributed by atoms with van der Waals surface area (Å²) in [4.78, 5) is 12.9. The Morgan fingerprint density at radius 2 is 1.83 bits per heavy atom. The van der Waals surface area contributed by atoms with Gasteiger partial charge in [-0.2, -0.15) is 4.39 Å². The molecule has 1 aliphatic heterocycles. The maximum atomic E-state index is 15.3. The number of nitrogens with one attached hydrogen (secondary N) is 3. The number of piperidine rings is 1. The van der Waals surface area contributed by atoms with Crippen molar-refractivity contribution in [2.24, 2.45) is 0 Å². The van der Waals surface area contributed by atoms with Gasteiger partial charge in [0.15, 0.2) is 11.6 Å². The Labute approximate surface area is 235 Å². The highest BCUT2D eigenvalue weighted by Gasteiger charge is 2.24. The number of aromatic nitrogens is 3. The number of pyridine rings is 1. The fourth-order valence-electron chi connectivity index (χ4n) is 4.46. The molecule has 0 saturated carbocycles. The van der Waals surface area contributed by atoms with Crippen LogP contribution in [0.1, 0.15) is 17.5 Å². The van der Waals surface area contributed by atoms with Gasteiger partial charge in [-0.1, -0.05) is 30.3 Å². The van der Waals surface area contributed by atoms with Crippen molar-refractivity contribution in [3.8, 4) is 22.9 Å². The van der Waals surface area contributed by atoms with Crippen molar-refractivity contribution in [2.45, 2.75) is 31.3 Å². The SMILES string of the molecule is Cc1cc(NS(=O)(=O)Cc2ccccc2)c(F)c(F)c1Oc1ncccc1-c1ccnc(NC2CNC[C@@H](F)C2)n1. The van der Waals surface area contributed by atoms with E-state index in [2.05, 4.69) is 30.3 Å². The van der Waals surface area contributed by atoms with Gasteiger partial charge in [-0.3, -0.25) is 4.72 Å². The minimum absolute atomic E-state index is 0.0564. The first kappa shape index (κ1) is 28.3. The first-order chi connectivity index (χ1) is 19.7. The molecular formula is C28H27F3N6O3S. The standard InChI is InChI=1S/C28H27F3N6O3S/c1-17-12-23(37-41(38,39)16-18-6-3-2-4-7-18)24(30)25(31)26(17)40-27-21(8-5-10-33-27)22-9-11-34-28(36-22)35-20-13-19(29)14-32-15-20/h2-12,19-20,32,37H,13-16H2,1H3,(H,34,35,36)/t19-,20?/m0/s1. The molecule has 1 saturated heterocycles. The molecule has 13 heteroatoms. The summed E-state index contributed by atoms with van der Waals surface area (Å²) in [6.45, 7) is 2.31. The van der Waals surface area contributed by atoms with E-state index in [1.54, 1.807) is 48.5 Å². The molecule has 5 rings (SSSR count). The van der Waals surface area contributed by atoms with E-state index in [0.717, 1.165) is 6.07 Å². The summed E-state index contributed by atoms with van der Waals surface area (Å²) in [5, 5.41) is 6.11. The normalized spacial score (nSPS) is 17.2. The highest BCUT2D eigenvalue weighted by atomic mass is 32.2. The van der Waals surface area contributed by atoms with Gasteiger partial charge >= 0.3 is 0 Å². The van der Waals surface area contributed by atoms with E-state index < -0.39 is 45.0 Å². The molecule has 1 aliphatic rings. The Bertz CT molecular complexity index is 1640. The lowest BCUT2D eigenvalue weighted by Crippen LogP contribution is -2.44. The summed E-state index contributed by atoms with van der Waals surface area (Å²) in [5.74, 6) is -3.46. The molecule has 9 nitrogen and oxygen atoms in total. The fourth-order valence-corrected chi connectivity index (χ4v) is 5.64. The quantitative estimate of drug-likeness (QED) is 0.252. The molecule has 0 aliphatic carbocycles. The van der Waals surface area contributed by atoms with Crippen LogP contribution in [0.15, 0.2) is 67.0 Å². The summed E-state index contributed by atoms with van der Waals surface area (Å²) in [6.07, 6.45) is 2.26. The van der Waals surface area contributed by atoms with Crippen LogP contribution in [0.5, 0.6) is 11.6 Å². The molecule has 0 radical (unpaired) electrons. The van der Waals surface area contributed by atoms with Crippen molar-refractivity contribution in [2.75, 3.05) is 23.1 Å². The summed E-state index contributed by atoms with van der Waals surface area (Å²) < 4.78 is 77.2. The van der Waals surface area contributed by atoms with Gasteiger partial charge in [0.05, 0.1) is 22.7 Å². The Kier molecular flexibility index (Phi) is 8.36. The van der Waals surface area contributed by atoms with E-state index in [4.69, 9.17) is 4.74 Å². The second-order valence-corrected chi connectivity index (χ2v) is 11.3. The molecule has 0 bridgehead atoms. The number of halogens is 3. The van der Waals surface area contributed by atoms with Crippen molar-refractivity contribution in [3.63, 3.8) is 0 Å². The second-order valence-electron chi connectivity index (χ2n) is 9.60. The predicted octanol–water partition coefficient (Wildman–Crippen LogP) is 4.97. The minimum Gasteiger partial charge on any atom is -0.435 e. The lowest BCUT2D eigenvalue weighted by atomic mass is 10.1. The maximum Gasteiger partial charge on any atom is 0.237 e. The number of nitrogens with zero attached hydrogens (tertiary/aromatic N) is 3. The van der Waals surface area contributed by atoms with Crippen LogP contribution in [0.25, 0.3) is 11.3 Å². The van der Waals surface area contributed by atoms with Crippen LogP contribution in [-0.4, -0.2) is 48.7 Å². The van der Waals surface area contributed by atoms with Gasteiger partial charge in [-0.25, -0.2) is 32.2 Å². The molecule has 2 aromatic heterocycles. The van der Waals surface area contributed by atoms with Gasteiger partial charge in [0.1, 0.15) is 6.17 Å². The zero-order chi connectivity index (χ0) is 29.0. The number of hydrogen-bond acceptors (Lipinski definition) is 8. The number of anilines is 2. The Morgan fingerprint density at radius 1 is 1.02 bits per heavy atom. The van der Waals surface area contributed by atoms with Gasteiger partial charge in [0.25, 0.3) is 0 Å². The number of alkyl halides is 1. The third kappa shape index (κ3) is 6.92. The Morgan fingerprint density at radius 3 is 2.61 bits per heavy atom. The topological polar surface area (TPSA) is 118 Å². The molecular weight excluding hydrogens is 557 g/mol. The van der Waals surface area contributed by atoms with Gasteiger partial charge < -0.3 is 15.4 Å². The Hall–Kier alpha value is -4.23. The molecule has 41 heavy (non-hydrogen) atoms. The van der Waals surface area contributed by atoms with Crippen LogP contribution >= 0.6 is 0 Å². The Balaban J connectivity index is 1.38. The monoisotopic (exact) mass is 584 g/mol. The molecule has 2 atom stereocenters. The number of hydrogen-bond donors (Lipinski definition) is 3. The van der Waals surface area contributed by atoms with Gasteiger partial charge in [0.2, 0.25) is 27.7 Å². The molecule has 3 heterocycles. The average molecular weight is 585 g/mol. The third-order valence-corrected chi connectivity index (χ3v) is 7.59. The van der Waals surface area contributed by atoms with Crippen LogP contribution < -0.4 is 20.1 Å². The summed E-state index contributed by atoms with van der Waals surface area (Å²) in [5.41, 5.74) is 0.840. The molecule has 0 spiro atoms. The summed E-state index contributed by atoms with van der Waals surface area (Å²) in [7, 11) is -4.03. The third-order valence-electron chi connectivity index (χ3n) is 6.34. The number of ether oxygens (including phenoxy) is 1. The first-order valence-electron chi connectivity index (χ1n) is 12.8. The lowest BCUT2D eigenvalue weighted by Gasteiger charge is -2.26. The molecule has 1 unspecified atom stereocenters. The van der Waals surface area contributed by atoms with Gasteiger partial charge in [-0.05, 0) is 42.3 Å². The van der Waals surface area contributed by atoms with Gasteiger partial charge in [-0.15, -0.1) is 0 Å². The summed E-state index contributed by atoms with van der Waals surface area (Å²) in [6, 6.07) is 14.2. The van der Waals surface area contributed by atoms with Crippen LogP contribution in [0.3, 0.4) is 0 Å². The molecule has 214 valence electrons. The number of aryl methyl sites for hydroxylation is 1.